The van der Waals surface area contributed by atoms with Crippen LogP contribution in [-0.4, -0.2) is 13.6 Å². The largest absolute Gasteiger partial charge is 0.341 e. The fraction of sp³-hybridized carbons (Fsp3) is 0.333. The highest BCUT2D eigenvalue weighted by molar-refractivity contribution is 5.70. The number of fused-ring (bicyclic) bond motifs is 1. The minimum absolute atomic E-state index is 0.168. The van der Waals surface area contributed by atoms with Gasteiger partial charge in [0.15, 0.2) is 0 Å². The van der Waals surface area contributed by atoms with Crippen molar-refractivity contribution in [2.45, 2.75) is 25.8 Å². The van der Waals surface area contributed by atoms with Crippen LogP contribution in [0.4, 0.5) is 15.8 Å². The first-order valence-electron chi connectivity index (χ1n) is 7.56. The van der Waals surface area contributed by atoms with Gasteiger partial charge in [0.25, 0.3) is 0 Å². The summed E-state index contributed by atoms with van der Waals surface area (Å²) in [5, 5.41) is 3.32. The molecule has 1 heterocycles. The molecule has 2 aromatic carbocycles. The standard InChI is InChI=1S/C18H21FN2/c1-3-17(20-2)13-5-8-16(9-6-13)21-11-10-14-4-7-15(19)12-18(14)21/h4-9,12,17,20H,3,10-11H2,1-2H3. The van der Waals surface area contributed by atoms with E-state index in [1.165, 1.54) is 11.1 Å². The molecule has 0 fully saturated rings. The molecule has 110 valence electrons. The molecule has 0 aromatic heterocycles. The average molecular weight is 284 g/mol. The SMILES string of the molecule is CCC(NC)c1ccc(N2CCc3ccc(F)cc32)cc1. The Hall–Kier alpha value is -1.87. The molecule has 3 rings (SSSR count). The van der Waals surface area contributed by atoms with Crippen molar-refractivity contribution in [3.63, 3.8) is 0 Å². The number of benzene rings is 2. The molecule has 0 amide bonds. The Bertz CT molecular complexity index is 618. The van der Waals surface area contributed by atoms with E-state index in [1.54, 1.807) is 12.1 Å². The Morgan fingerprint density at radius 3 is 2.62 bits per heavy atom. The van der Waals surface area contributed by atoms with Gasteiger partial charge in [-0.25, -0.2) is 4.39 Å². The maximum absolute atomic E-state index is 13.5. The number of hydrogen-bond acceptors (Lipinski definition) is 2. The van der Waals surface area contributed by atoms with Gasteiger partial charge in [0.1, 0.15) is 5.82 Å². The van der Waals surface area contributed by atoms with Crippen LogP contribution in [0.3, 0.4) is 0 Å². The smallest absolute Gasteiger partial charge is 0.125 e. The predicted molar refractivity (Wildman–Crippen MR) is 85.6 cm³/mol. The maximum Gasteiger partial charge on any atom is 0.125 e. The normalized spacial score (nSPS) is 15.1. The monoisotopic (exact) mass is 284 g/mol. The molecule has 1 aliphatic heterocycles. The lowest BCUT2D eigenvalue weighted by molar-refractivity contribution is 0.577. The minimum atomic E-state index is -0.168. The van der Waals surface area contributed by atoms with Crippen LogP contribution in [0.15, 0.2) is 42.5 Å². The summed E-state index contributed by atoms with van der Waals surface area (Å²) < 4.78 is 13.5. The number of halogens is 1. The molecule has 0 aliphatic carbocycles. The minimum Gasteiger partial charge on any atom is -0.341 e. The summed E-state index contributed by atoms with van der Waals surface area (Å²) in [5.41, 5.74) is 4.65. The third-order valence-corrected chi connectivity index (χ3v) is 4.31. The van der Waals surface area contributed by atoms with Crippen molar-refractivity contribution in [3.05, 3.63) is 59.4 Å². The van der Waals surface area contributed by atoms with Gasteiger partial charge in [0.2, 0.25) is 0 Å². The van der Waals surface area contributed by atoms with Gasteiger partial charge in [0.05, 0.1) is 0 Å². The van der Waals surface area contributed by atoms with Crippen LogP contribution in [0.5, 0.6) is 0 Å². The Kier molecular flexibility index (Phi) is 3.93. The number of nitrogens with zero attached hydrogens (tertiary/aromatic N) is 1. The first kappa shape index (κ1) is 14.1. The van der Waals surface area contributed by atoms with Crippen LogP contribution in [0.25, 0.3) is 0 Å². The lowest BCUT2D eigenvalue weighted by atomic mass is 10.0. The zero-order valence-electron chi connectivity index (χ0n) is 12.6. The molecule has 0 saturated carbocycles. The van der Waals surface area contributed by atoms with E-state index in [1.807, 2.05) is 13.1 Å². The van der Waals surface area contributed by atoms with Crippen LogP contribution < -0.4 is 10.2 Å². The van der Waals surface area contributed by atoms with E-state index in [2.05, 4.69) is 41.4 Å². The summed E-state index contributed by atoms with van der Waals surface area (Å²) in [6.07, 6.45) is 2.04. The van der Waals surface area contributed by atoms with Gasteiger partial charge in [-0.15, -0.1) is 0 Å². The first-order chi connectivity index (χ1) is 10.2. The van der Waals surface area contributed by atoms with E-state index in [-0.39, 0.29) is 5.82 Å². The van der Waals surface area contributed by atoms with Crippen molar-refractivity contribution in [2.24, 2.45) is 0 Å². The molecule has 1 atom stereocenters. The van der Waals surface area contributed by atoms with Gasteiger partial charge < -0.3 is 10.2 Å². The van der Waals surface area contributed by atoms with Crippen molar-refractivity contribution in [1.82, 2.24) is 5.32 Å². The zero-order chi connectivity index (χ0) is 14.8. The molecule has 1 aliphatic rings. The maximum atomic E-state index is 13.5. The molecule has 0 radical (unpaired) electrons. The van der Waals surface area contributed by atoms with Gasteiger partial charge in [-0.1, -0.05) is 25.1 Å². The molecule has 0 saturated heterocycles. The second kappa shape index (κ2) is 5.86. The summed E-state index contributed by atoms with van der Waals surface area (Å²) in [5.74, 6) is -0.168. The highest BCUT2D eigenvalue weighted by atomic mass is 19.1. The highest BCUT2D eigenvalue weighted by Gasteiger charge is 2.21. The number of anilines is 2. The van der Waals surface area contributed by atoms with Crippen molar-refractivity contribution in [1.29, 1.82) is 0 Å². The van der Waals surface area contributed by atoms with E-state index in [0.29, 0.717) is 6.04 Å². The Morgan fingerprint density at radius 1 is 1.19 bits per heavy atom. The quantitative estimate of drug-likeness (QED) is 0.905. The molecule has 2 aromatic rings. The predicted octanol–water partition coefficient (Wildman–Crippen LogP) is 4.19. The molecule has 3 heteroatoms. The summed E-state index contributed by atoms with van der Waals surface area (Å²) in [7, 11) is 1.99. The second-order valence-electron chi connectivity index (χ2n) is 5.52. The van der Waals surface area contributed by atoms with E-state index < -0.39 is 0 Å². The lowest BCUT2D eigenvalue weighted by Gasteiger charge is -2.21. The Balaban J connectivity index is 1.88. The molecular weight excluding hydrogens is 263 g/mol. The van der Waals surface area contributed by atoms with E-state index >= 15 is 0 Å². The van der Waals surface area contributed by atoms with Crippen LogP contribution in [0, 0.1) is 5.82 Å². The summed E-state index contributed by atoms with van der Waals surface area (Å²) in [4.78, 5) is 2.20. The third kappa shape index (κ3) is 2.66. The molecule has 1 N–H and O–H groups in total. The third-order valence-electron chi connectivity index (χ3n) is 4.31. The van der Waals surface area contributed by atoms with Crippen molar-refractivity contribution < 1.29 is 4.39 Å². The van der Waals surface area contributed by atoms with Gasteiger partial charge in [-0.3, -0.25) is 0 Å². The molecular formula is C18H21FN2. The van der Waals surface area contributed by atoms with Crippen molar-refractivity contribution in [3.8, 4) is 0 Å². The first-order valence-corrected chi connectivity index (χ1v) is 7.56. The fourth-order valence-corrected chi connectivity index (χ4v) is 3.11. The lowest BCUT2D eigenvalue weighted by Crippen LogP contribution is -2.16. The summed E-state index contributed by atoms with van der Waals surface area (Å²) in [6.45, 7) is 3.09. The van der Waals surface area contributed by atoms with Crippen molar-refractivity contribution in [2.75, 3.05) is 18.5 Å². The number of hydrogen-bond donors (Lipinski definition) is 1. The fourth-order valence-electron chi connectivity index (χ4n) is 3.11. The van der Waals surface area contributed by atoms with Crippen LogP contribution >= 0.6 is 0 Å². The van der Waals surface area contributed by atoms with Gasteiger partial charge >= 0.3 is 0 Å². The van der Waals surface area contributed by atoms with Crippen LogP contribution in [0.2, 0.25) is 0 Å². The average Bonchev–Trinajstić information content (AvgIpc) is 2.92. The zero-order valence-corrected chi connectivity index (χ0v) is 12.6. The molecule has 0 bridgehead atoms. The molecule has 1 unspecified atom stereocenters. The summed E-state index contributed by atoms with van der Waals surface area (Å²) in [6, 6.07) is 14.1. The Labute approximate surface area is 125 Å². The highest BCUT2D eigenvalue weighted by Crippen LogP contribution is 2.35. The van der Waals surface area contributed by atoms with E-state index in [9.17, 15) is 4.39 Å². The van der Waals surface area contributed by atoms with Gasteiger partial charge in [0, 0.05) is 24.0 Å². The van der Waals surface area contributed by atoms with Crippen LogP contribution in [0.1, 0.15) is 30.5 Å². The molecule has 2 nitrogen and oxygen atoms in total. The molecule has 0 spiro atoms. The Morgan fingerprint density at radius 2 is 1.95 bits per heavy atom. The number of rotatable bonds is 4. The summed E-state index contributed by atoms with van der Waals surface area (Å²) >= 11 is 0. The number of nitrogens with one attached hydrogen (secondary N) is 1. The molecule has 21 heavy (non-hydrogen) atoms. The second-order valence-corrected chi connectivity index (χ2v) is 5.52. The van der Waals surface area contributed by atoms with Crippen LogP contribution in [-0.2, 0) is 6.42 Å². The van der Waals surface area contributed by atoms with Gasteiger partial charge in [-0.05, 0) is 55.3 Å². The van der Waals surface area contributed by atoms with E-state index in [4.69, 9.17) is 0 Å². The van der Waals surface area contributed by atoms with E-state index in [0.717, 1.165) is 30.8 Å². The van der Waals surface area contributed by atoms with Gasteiger partial charge in [-0.2, -0.15) is 0 Å². The topological polar surface area (TPSA) is 15.3 Å². The van der Waals surface area contributed by atoms with Crippen molar-refractivity contribution >= 4 is 11.4 Å².